The highest BCUT2D eigenvalue weighted by atomic mass is 32.2. The third-order valence-electron chi connectivity index (χ3n) is 4.68. The van der Waals surface area contributed by atoms with Gasteiger partial charge in [-0.1, -0.05) is 6.08 Å². The number of methoxy groups -OCH3 is 2. The van der Waals surface area contributed by atoms with Crippen LogP contribution in [-0.4, -0.2) is 49.5 Å². The molecule has 19 heavy (non-hydrogen) atoms. The second-order valence-electron chi connectivity index (χ2n) is 5.50. The molecule has 3 aliphatic rings. The second kappa shape index (κ2) is 4.72. The Hall–Kier alpha value is -0.650. The molecule has 0 aromatic heterocycles. The summed E-state index contributed by atoms with van der Waals surface area (Å²) in [5.41, 5.74) is -2.90. The molecule has 4 atom stereocenters. The molecule has 0 amide bonds. The van der Waals surface area contributed by atoms with E-state index in [4.69, 9.17) is 9.47 Å². The zero-order valence-electron chi connectivity index (χ0n) is 11.8. The zero-order chi connectivity index (χ0) is 14.3. The normalized spacial score (nSPS) is 44.6. The summed E-state index contributed by atoms with van der Waals surface area (Å²) >= 11 is 1.57. The predicted molar refractivity (Wildman–Crippen MR) is 74.3 cm³/mol. The van der Waals surface area contributed by atoms with Gasteiger partial charge in [0.1, 0.15) is 11.9 Å². The minimum absolute atomic E-state index is 0.0790. The van der Waals surface area contributed by atoms with Crippen molar-refractivity contribution in [2.75, 3.05) is 26.2 Å². The van der Waals surface area contributed by atoms with Gasteiger partial charge in [-0.15, -0.1) is 0 Å². The molecule has 3 rings (SSSR count). The molecule has 106 valence electrons. The van der Waals surface area contributed by atoms with Crippen molar-refractivity contribution in [2.45, 2.75) is 24.5 Å². The maximum absolute atomic E-state index is 13.0. The average Bonchev–Trinajstić information content (AvgIpc) is 2.43. The monoisotopic (exact) mass is 284 g/mol. The van der Waals surface area contributed by atoms with E-state index in [0.29, 0.717) is 12.2 Å². The van der Waals surface area contributed by atoms with Crippen LogP contribution in [0.25, 0.3) is 0 Å². The topological polar surface area (TPSA) is 52.6 Å². The van der Waals surface area contributed by atoms with Crippen molar-refractivity contribution >= 4 is 23.8 Å². The summed E-state index contributed by atoms with van der Waals surface area (Å²) in [4.78, 5) is 24.5. The third kappa shape index (κ3) is 1.61. The molecular weight excluding hydrogens is 264 g/mol. The van der Waals surface area contributed by atoms with Gasteiger partial charge >= 0.3 is 0 Å². The van der Waals surface area contributed by atoms with Crippen LogP contribution in [0.15, 0.2) is 12.2 Å². The number of hydrogen-bond acceptors (Lipinski definition) is 5. The van der Waals surface area contributed by atoms with Crippen LogP contribution in [0.5, 0.6) is 0 Å². The molecule has 0 heterocycles. The van der Waals surface area contributed by atoms with Gasteiger partial charge < -0.3 is 14.3 Å². The Morgan fingerprint density at radius 2 is 2.16 bits per heavy atom. The van der Waals surface area contributed by atoms with Crippen LogP contribution in [0.1, 0.15) is 13.3 Å². The van der Waals surface area contributed by atoms with Gasteiger partial charge in [0.25, 0.3) is 0 Å². The Labute approximate surface area is 117 Å². The van der Waals surface area contributed by atoms with E-state index in [1.54, 1.807) is 31.9 Å². The first-order chi connectivity index (χ1) is 8.96. The number of aldehydes is 1. The number of hydrogen-bond donors (Lipinski definition) is 0. The number of Topliss-reactive ketones (excluding diaryl/α,β-unsaturated/α-hetero) is 1. The summed E-state index contributed by atoms with van der Waals surface area (Å²) < 4.78 is 11.1. The highest BCUT2D eigenvalue weighted by Crippen LogP contribution is 2.55. The molecule has 4 nitrogen and oxygen atoms in total. The van der Waals surface area contributed by atoms with Gasteiger partial charge in [-0.05, 0) is 25.7 Å². The lowest BCUT2D eigenvalue weighted by atomic mass is 9.52. The Balaban J connectivity index is 2.59. The standard InChI is InChI=1S/C14H20O4S/c1-12(8-15)7-10-5-6-14(12,18-3)11(16)13(10,17-2)9-19-4/h5-6,8,10H,7,9H2,1-4H3/t10-,12-,13+,14-/m1/s1. The molecule has 0 radical (unpaired) electrons. The van der Waals surface area contributed by atoms with Gasteiger partial charge in [0.05, 0.1) is 5.41 Å². The molecule has 0 aromatic rings. The summed E-state index contributed by atoms with van der Waals surface area (Å²) in [5, 5.41) is 0. The largest absolute Gasteiger partial charge is 0.369 e. The van der Waals surface area contributed by atoms with Crippen LogP contribution in [0.3, 0.4) is 0 Å². The van der Waals surface area contributed by atoms with Crippen LogP contribution in [0.4, 0.5) is 0 Å². The minimum Gasteiger partial charge on any atom is -0.369 e. The minimum atomic E-state index is -1.20. The first-order valence-electron chi connectivity index (χ1n) is 6.26. The maximum Gasteiger partial charge on any atom is 0.202 e. The van der Waals surface area contributed by atoms with E-state index in [1.165, 1.54) is 7.11 Å². The van der Waals surface area contributed by atoms with Crippen molar-refractivity contribution in [3.05, 3.63) is 12.2 Å². The molecule has 2 bridgehead atoms. The number of fused-ring (bicyclic) bond motifs is 2. The van der Waals surface area contributed by atoms with Gasteiger partial charge in [0, 0.05) is 25.9 Å². The first-order valence-corrected chi connectivity index (χ1v) is 7.65. The Kier molecular flexibility index (Phi) is 3.66. The van der Waals surface area contributed by atoms with Crippen molar-refractivity contribution in [3.63, 3.8) is 0 Å². The third-order valence-corrected chi connectivity index (χ3v) is 5.40. The SMILES string of the molecule is CO[C@]1(CSC)C(=O)[C@]2(OC)C=C[C@@H]1C[C@]2(C)C=O. The van der Waals surface area contributed by atoms with Crippen LogP contribution in [0.2, 0.25) is 0 Å². The molecular formula is C14H20O4S. The predicted octanol–water partition coefficient (Wildman–Crippen LogP) is 1.48. The van der Waals surface area contributed by atoms with Gasteiger partial charge in [-0.25, -0.2) is 0 Å². The van der Waals surface area contributed by atoms with Crippen molar-refractivity contribution in [1.29, 1.82) is 0 Å². The first kappa shape index (κ1) is 14.8. The van der Waals surface area contributed by atoms with Crippen LogP contribution in [-0.2, 0) is 19.1 Å². The van der Waals surface area contributed by atoms with E-state index >= 15 is 0 Å². The summed E-state index contributed by atoms with van der Waals surface area (Å²) in [6.07, 6.45) is 7.08. The quantitative estimate of drug-likeness (QED) is 0.565. The van der Waals surface area contributed by atoms with Gasteiger partial charge in [0.2, 0.25) is 5.78 Å². The number of carbonyl (C=O) groups excluding carboxylic acids is 2. The Morgan fingerprint density at radius 3 is 2.63 bits per heavy atom. The van der Waals surface area contributed by atoms with Crippen LogP contribution < -0.4 is 0 Å². The highest BCUT2D eigenvalue weighted by Gasteiger charge is 2.68. The van der Waals surface area contributed by atoms with E-state index in [-0.39, 0.29) is 11.7 Å². The van der Waals surface area contributed by atoms with Gasteiger partial charge in [-0.3, -0.25) is 4.79 Å². The Morgan fingerprint density at radius 1 is 1.47 bits per heavy atom. The number of ketones is 1. The lowest BCUT2D eigenvalue weighted by Gasteiger charge is -2.57. The second-order valence-corrected chi connectivity index (χ2v) is 6.37. The average molecular weight is 284 g/mol. The zero-order valence-corrected chi connectivity index (χ0v) is 12.6. The summed E-state index contributed by atoms with van der Waals surface area (Å²) in [5.74, 6) is 0.356. The fraction of sp³-hybridized carbons (Fsp3) is 0.714. The molecule has 0 unspecified atom stereocenters. The number of thioether (sulfide) groups is 1. The molecule has 5 heteroatoms. The van der Waals surface area contributed by atoms with Gasteiger partial charge in [0.15, 0.2) is 5.60 Å². The molecule has 3 aliphatic carbocycles. The van der Waals surface area contributed by atoms with E-state index < -0.39 is 16.6 Å². The Bertz CT molecular complexity index is 435. The van der Waals surface area contributed by atoms with E-state index in [0.717, 1.165) is 6.29 Å². The van der Waals surface area contributed by atoms with Crippen molar-refractivity contribution in [2.24, 2.45) is 11.3 Å². The van der Waals surface area contributed by atoms with Crippen LogP contribution >= 0.6 is 11.8 Å². The summed E-state index contributed by atoms with van der Waals surface area (Å²) in [6, 6.07) is 0. The van der Waals surface area contributed by atoms with Crippen LogP contribution in [0, 0.1) is 11.3 Å². The fourth-order valence-electron chi connectivity index (χ4n) is 3.48. The van der Waals surface area contributed by atoms with Crippen molar-refractivity contribution in [1.82, 2.24) is 0 Å². The summed E-state index contributed by atoms with van der Waals surface area (Å²) in [6.45, 7) is 1.79. The number of carbonyl (C=O) groups is 2. The lowest BCUT2D eigenvalue weighted by molar-refractivity contribution is -0.194. The fourth-order valence-corrected chi connectivity index (χ4v) is 4.37. The molecule has 1 saturated carbocycles. The highest BCUT2D eigenvalue weighted by molar-refractivity contribution is 7.98. The van der Waals surface area contributed by atoms with E-state index in [9.17, 15) is 9.59 Å². The molecule has 1 fully saturated rings. The summed E-state index contributed by atoms with van der Waals surface area (Å²) in [7, 11) is 3.04. The molecule has 0 aromatic carbocycles. The molecule has 0 saturated heterocycles. The van der Waals surface area contributed by atoms with E-state index in [2.05, 4.69) is 0 Å². The number of ether oxygens (including phenoxy) is 2. The smallest absolute Gasteiger partial charge is 0.202 e. The van der Waals surface area contributed by atoms with Gasteiger partial charge in [-0.2, -0.15) is 11.8 Å². The number of rotatable bonds is 5. The maximum atomic E-state index is 13.0. The van der Waals surface area contributed by atoms with E-state index in [1.807, 2.05) is 12.3 Å². The molecule has 0 aliphatic heterocycles. The van der Waals surface area contributed by atoms with Crippen molar-refractivity contribution in [3.8, 4) is 0 Å². The van der Waals surface area contributed by atoms with Crippen molar-refractivity contribution < 1.29 is 19.1 Å². The lowest BCUT2D eigenvalue weighted by Crippen LogP contribution is -2.72. The molecule has 0 spiro atoms. The molecule has 0 N–H and O–H groups in total.